The first-order valence-corrected chi connectivity index (χ1v) is 14.9. The molecule has 1 saturated heterocycles. The van der Waals surface area contributed by atoms with Gasteiger partial charge in [0.05, 0.1) is 6.42 Å². The first-order valence-electron chi connectivity index (χ1n) is 13.7. The van der Waals surface area contributed by atoms with Crippen LogP contribution in [0.15, 0.2) is 41.3 Å². The van der Waals surface area contributed by atoms with E-state index < -0.39 is 0 Å². The number of nitrogens with zero attached hydrogens (tertiary/aromatic N) is 1. The Balaban J connectivity index is 1.08. The first kappa shape index (κ1) is 23.9. The maximum absolute atomic E-state index is 11.7. The van der Waals surface area contributed by atoms with Gasteiger partial charge in [0.2, 0.25) is 5.91 Å². The highest BCUT2D eigenvalue weighted by molar-refractivity contribution is 8.00. The summed E-state index contributed by atoms with van der Waals surface area (Å²) in [5, 5.41) is 4.44. The van der Waals surface area contributed by atoms with Crippen LogP contribution in [0.4, 0.5) is 5.69 Å². The molecule has 2 fully saturated rings. The Labute approximate surface area is 219 Å². The van der Waals surface area contributed by atoms with Gasteiger partial charge in [0.15, 0.2) is 0 Å². The Morgan fingerprint density at radius 2 is 1.94 bits per heavy atom. The molecule has 35 heavy (non-hydrogen) atoms. The van der Waals surface area contributed by atoms with Gasteiger partial charge in [0.25, 0.3) is 0 Å². The van der Waals surface area contributed by atoms with Gasteiger partial charge in [-0.05, 0) is 97.7 Å². The fraction of sp³-hybridized carbons (Fsp3) is 0.567. The topological polar surface area (TPSA) is 32.3 Å². The number of fused-ring (bicyclic) bond motifs is 5. The van der Waals surface area contributed by atoms with Gasteiger partial charge >= 0.3 is 0 Å². The van der Waals surface area contributed by atoms with Gasteiger partial charge in [0.1, 0.15) is 0 Å². The number of halogens is 1. The quantitative estimate of drug-likeness (QED) is 0.475. The van der Waals surface area contributed by atoms with Gasteiger partial charge in [0, 0.05) is 27.4 Å². The molecule has 0 aromatic heterocycles. The second-order valence-electron chi connectivity index (χ2n) is 11.3. The highest BCUT2D eigenvalue weighted by atomic mass is 35.5. The summed E-state index contributed by atoms with van der Waals surface area (Å²) in [5.74, 6) is 3.52. The van der Waals surface area contributed by atoms with Crippen LogP contribution in [0.25, 0.3) is 0 Å². The minimum Gasteiger partial charge on any atom is -0.325 e. The Hall–Kier alpha value is -1.49. The summed E-state index contributed by atoms with van der Waals surface area (Å²) in [5.41, 5.74) is 4.82. The predicted octanol–water partition coefficient (Wildman–Crippen LogP) is 7.17. The fourth-order valence-corrected chi connectivity index (χ4v) is 9.00. The number of carbonyl (C=O) groups excluding carboxylic acids is 1. The summed E-state index contributed by atoms with van der Waals surface area (Å²) in [6.45, 7) is 5.93. The van der Waals surface area contributed by atoms with E-state index in [0.717, 1.165) is 58.2 Å². The maximum Gasteiger partial charge on any atom is 0.228 e. The van der Waals surface area contributed by atoms with Crippen LogP contribution in [-0.2, 0) is 17.6 Å². The summed E-state index contributed by atoms with van der Waals surface area (Å²) < 4.78 is 0. The smallest absolute Gasteiger partial charge is 0.228 e. The van der Waals surface area contributed by atoms with Crippen LogP contribution in [0.2, 0.25) is 5.02 Å². The van der Waals surface area contributed by atoms with E-state index in [0.29, 0.717) is 6.42 Å². The van der Waals surface area contributed by atoms with Gasteiger partial charge in [-0.15, -0.1) is 11.8 Å². The Bertz CT molecular complexity index is 1100. The number of anilines is 1. The molecule has 0 radical (unpaired) electrons. The SMILES string of the molecule is CC1Sc2ccccc2C2CC1C2C1CCCCN(CCc2cc3c(cc2Cl)NC(=O)C3)CCC1. The van der Waals surface area contributed by atoms with Crippen molar-refractivity contribution < 1.29 is 4.79 Å². The number of hydrogen-bond donors (Lipinski definition) is 1. The van der Waals surface area contributed by atoms with E-state index in [1.54, 1.807) is 10.5 Å². The number of rotatable bonds is 4. The maximum atomic E-state index is 11.7. The van der Waals surface area contributed by atoms with Gasteiger partial charge in [-0.1, -0.05) is 55.6 Å². The standard InChI is InChI=1S/C30H37ClN2OS/c1-19-24-17-25(23-9-2-3-10-28(23)35-19)30(24)20-7-4-5-12-33(13-6-8-20)14-11-21-15-22-16-29(34)32-27(22)18-26(21)31/h2-3,9-10,15,18-20,24-25,30H,4-8,11-14,16-17H2,1H3,(H,32,34). The van der Waals surface area contributed by atoms with Crippen LogP contribution < -0.4 is 5.32 Å². The molecular formula is C30H37ClN2OS. The van der Waals surface area contributed by atoms with Crippen molar-refractivity contribution in [3.8, 4) is 0 Å². The van der Waals surface area contributed by atoms with Crippen LogP contribution in [-0.4, -0.2) is 35.7 Å². The number of thioether (sulfide) groups is 1. The lowest BCUT2D eigenvalue weighted by Crippen LogP contribution is -2.43. The van der Waals surface area contributed by atoms with Gasteiger partial charge in [-0.25, -0.2) is 0 Å². The second-order valence-corrected chi connectivity index (χ2v) is 13.1. The van der Waals surface area contributed by atoms with E-state index >= 15 is 0 Å². The van der Waals surface area contributed by atoms with Crippen molar-refractivity contribution in [1.82, 2.24) is 4.90 Å². The lowest BCUT2D eigenvalue weighted by atomic mass is 9.55. The summed E-state index contributed by atoms with van der Waals surface area (Å²) >= 11 is 8.71. The van der Waals surface area contributed by atoms with Crippen molar-refractivity contribution in [2.75, 3.05) is 25.0 Å². The molecule has 4 aliphatic rings. The lowest BCUT2D eigenvalue weighted by Gasteiger charge is -2.50. The van der Waals surface area contributed by atoms with E-state index in [1.165, 1.54) is 57.2 Å². The van der Waals surface area contributed by atoms with E-state index in [9.17, 15) is 4.79 Å². The number of benzene rings is 2. The molecule has 5 heteroatoms. The summed E-state index contributed by atoms with van der Waals surface area (Å²) in [6, 6.07) is 13.3. The van der Waals surface area contributed by atoms with Crippen molar-refractivity contribution in [3.63, 3.8) is 0 Å². The lowest BCUT2D eigenvalue weighted by molar-refractivity contribution is -0.115. The molecule has 3 nitrogen and oxygen atoms in total. The molecule has 3 heterocycles. The molecule has 1 aliphatic carbocycles. The number of nitrogens with one attached hydrogen (secondary N) is 1. The second kappa shape index (κ2) is 10.1. The molecule has 5 unspecified atom stereocenters. The van der Waals surface area contributed by atoms with Gasteiger partial charge in [-0.3, -0.25) is 4.79 Å². The number of hydrogen-bond acceptors (Lipinski definition) is 3. The fourth-order valence-electron chi connectivity index (χ4n) is 7.36. The third-order valence-electron chi connectivity index (χ3n) is 9.21. The number of amides is 1. The minimum absolute atomic E-state index is 0.0746. The van der Waals surface area contributed by atoms with Crippen molar-refractivity contribution in [3.05, 3.63) is 58.1 Å². The molecule has 5 atom stereocenters. The molecule has 2 aromatic rings. The third-order valence-corrected chi connectivity index (χ3v) is 10.9. The zero-order valence-electron chi connectivity index (χ0n) is 20.8. The Kier molecular flexibility index (Phi) is 6.90. The van der Waals surface area contributed by atoms with E-state index in [-0.39, 0.29) is 5.91 Å². The zero-order chi connectivity index (χ0) is 23.9. The minimum atomic E-state index is 0.0746. The molecule has 1 N–H and O–H groups in total. The average Bonchev–Trinajstić information content (AvgIpc) is 3.09. The monoisotopic (exact) mass is 508 g/mol. The van der Waals surface area contributed by atoms with Crippen LogP contribution in [0.1, 0.15) is 68.1 Å². The molecule has 1 amide bonds. The molecule has 0 spiro atoms. The van der Waals surface area contributed by atoms with E-state index in [1.807, 2.05) is 6.07 Å². The van der Waals surface area contributed by atoms with E-state index in [4.69, 9.17) is 11.6 Å². The zero-order valence-corrected chi connectivity index (χ0v) is 22.3. The van der Waals surface area contributed by atoms with Crippen LogP contribution in [0.5, 0.6) is 0 Å². The molecule has 6 rings (SSSR count). The Morgan fingerprint density at radius 3 is 2.86 bits per heavy atom. The van der Waals surface area contributed by atoms with Crippen LogP contribution in [0, 0.1) is 17.8 Å². The van der Waals surface area contributed by atoms with Gasteiger partial charge < -0.3 is 10.2 Å². The van der Waals surface area contributed by atoms with Crippen LogP contribution in [0.3, 0.4) is 0 Å². The predicted molar refractivity (Wildman–Crippen MR) is 147 cm³/mol. The van der Waals surface area contributed by atoms with Crippen molar-refractivity contribution in [2.24, 2.45) is 17.8 Å². The summed E-state index contributed by atoms with van der Waals surface area (Å²) in [7, 11) is 0. The summed E-state index contributed by atoms with van der Waals surface area (Å²) in [4.78, 5) is 15.9. The first-order chi connectivity index (χ1) is 17.1. The Morgan fingerprint density at radius 1 is 1.11 bits per heavy atom. The van der Waals surface area contributed by atoms with Crippen LogP contribution >= 0.6 is 23.4 Å². The molecular weight excluding hydrogens is 472 g/mol. The van der Waals surface area contributed by atoms with Crippen molar-refractivity contribution in [2.45, 2.75) is 74.4 Å². The van der Waals surface area contributed by atoms with Gasteiger partial charge in [-0.2, -0.15) is 0 Å². The largest absolute Gasteiger partial charge is 0.325 e. The molecule has 3 aliphatic heterocycles. The molecule has 186 valence electrons. The molecule has 2 aromatic carbocycles. The molecule has 2 bridgehead atoms. The number of carbonyl (C=O) groups is 1. The molecule has 1 saturated carbocycles. The van der Waals surface area contributed by atoms with Crippen molar-refractivity contribution >= 4 is 35.0 Å². The summed E-state index contributed by atoms with van der Waals surface area (Å²) in [6.07, 6.45) is 9.59. The highest BCUT2D eigenvalue weighted by Crippen LogP contribution is 2.61. The highest BCUT2D eigenvalue weighted by Gasteiger charge is 2.50. The average molecular weight is 509 g/mol. The van der Waals surface area contributed by atoms with Crippen molar-refractivity contribution in [1.29, 1.82) is 0 Å². The van der Waals surface area contributed by atoms with E-state index in [2.05, 4.69) is 59.2 Å². The normalized spacial score (nSPS) is 30.7. The third kappa shape index (κ3) is 4.79.